The van der Waals surface area contributed by atoms with Crippen LogP contribution in [0.1, 0.15) is 84.4 Å². The van der Waals surface area contributed by atoms with Crippen molar-refractivity contribution in [3.63, 3.8) is 0 Å². The second-order valence-electron chi connectivity index (χ2n) is 20.5. The first-order chi connectivity index (χ1) is 40.8. The quantitative estimate of drug-likeness (QED) is 0.0138. The van der Waals surface area contributed by atoms with E-state index in [1.165, 1.54) is 10.8 Å². The van der Waals surface area contributed by atoms with Gasteiger partial charge in [-0.25, -0.2) is 9.78 Å². The minimum atomic E-state index is -1.98. The number of pyridine rings is 2. The highest BCUT2D eigenvalue weighted by molar-refractivity contribution is 6.03. The van der Waals surface area contributed by atoms with Gasteiger partial charge in [-0.1, -0.05) is 84.9 Å². The van der Waals surface area contributed by atoms with Gasteiger partial charge in [-0.15, -0.1) is 0 Å². The molecular formula is C58H65N13O14. The summed E-state index contributed by atoms with van der Waals surface area (Å²) >= 11 is 0. The fourth-order valence-electron chi connectivity index (χ4n) is 10.0. The molecule has 4 unspecified atom stereocenters. The Morgan fingerprint density at radius 1 is 0.800 bits per heavy atom. The molecule has 27 heteroatoms. The standard InChI is InChI=1S/C58H65N13O14/c1-2-58(83)39-25-45-50-37(30-71(45)55(81)38(39)31-84-56(58)82)36(35-11-6-7-12-40(35)67-50)28-65-85-22-21-61-46(72)18-19-47(73)63-27-34-16-14-33(15-17-34)24-43-53(79)69-42(23-32-9-4-3-5-10-32)54(80)70-44(26-49(75)76)51(77)64-29-48(74)66-41(52(78)68-43)13-8-20-62-57(59)60/h3-7,9-12,14-17,25,28,41-44,83H,2,8,13,18-24,26-27,29-31H2,1H3,(H,61,72)(H,63,73)(H,64,77)(H,66,74)(H,68,78)(H,69,79)(H,70,80)(H,75,76)(H4,59,60,62)/t41?,42?,43?,44?,58-/m0/s1. The monoisotopic (exact) mass is 1170 g/mol. The summed E-state index contributed by atoms with van der Waals surface area (Å²) in [5.74, 6) is -7.73. The third-order valence-corrected chi connectivity index (χ3v) is 14.6. The number of nitrogens with zero attached hydrogens (tertiary/aromatic N) is 3. The lowest BCUT2D eigenvalue weighted by Gasteiger charge is -2.31. The predicted molar refractivity (Wildman–Crippen MR) is 305 cm³/mol. The number of nitrogens with one attached hydrogen (secondary N) is 9. The van der Waals surface area contributed by atoms with E-state index in [1.54, 1.807) is 67.6 Å². The van der Waals surface area contributed by atoms with Crippen LogP contribution in [0.4, 0.5) is 0 Å². The number of benzene rings is 3. The third kappa shape index (κ3) is 15.3. The van der Waals surface area contributed by atoms with E-state index in [0.717, 1.165) is 5.39 Å². The number of hydrogen-bond acceptors (Lipinski definition) is 16. The van der Waals surface area contributed by atoms with Crippen LogP contribution in [0, 0.1) is 5.41 Å². The topological polar surface area (TPSA) is 406 Å². The van der Waals surface area contributed by atoms with Gasteiger partial charge in [-0.05, 0) is 48.1 Å². The lowest BCUT2D eigenvalue weighted by atomic mass is 9.86. The number of rotatable bonds is 21. The van der Waals surface area contributed by atoms with E-state index in [1.807, 2.05) is 24.3 Å². The maximum absolute atomic E-state index is 14.3. The molecule has 0 spiro atoms. The Bertz CT molecular complexity index is 3500. The van der Waals surface area contributed by atoms with Crippen molar-refractivity contribution in [2.75, 3.05) is 26.2 Å². The molecule has 13 N–H and O–H groups in total. The number of aromatic nitrogens is 2. The van der Waals surface area contributed by atoms with Crippen LogP contribution in [0.25, 0.3) is 22.3 Å². The zero-order chi connectivity index (χ0) is 60.8. The van der Waals surface area contributed by atoms with Gasteiger partial charge in [0.1, 0.15) is 37.4 Å². The summed E-state index contributed by atoms with van der Waals surface area (Å²) in [7, 11) is 0. The normalized spacial score (nSPS) is 19.7. The van der Waals surface area contributed by atoms with Crippen molar-refractivity contribution in [1.82, 2.24) is 52.1 Å². The molecule has 85 heavy (non-hydrogen) atoms. The van der Waals surface area contributed by atoms with Gasteiger partial charge in [0, 0.05) is 60.8 Å². The second-order valence-corrected chi connectivity index (χ2v) is 20.5. The molecule has 3 aliphatic heterocycles. The molecule has 446 valence electrons. The smallest absolute Gasteiger partial charge is 0.343 e. The number of esters is 1. The number of carboxylic acids is 1. The average Bonchev–Trinajstić information content (AvgIpc) is 1.79. The molecule has 5 aromatic rings. The number of ether oxygens (including phenoxy) is 1. The zero-order valence-corrected chi connectivity index (χ0v) is 46.3. The van der Waals surface area contributed by atoms with E-state index < -0.39 is 102 Å². The van der Waals surface area contributed by atoms with Crippen LogP contribution < -0.4 is 53.8 Å². The van der Waals surface area contributed by atoms with E-state index >= 15 is 0 Å². The largest absolute Gasteiger partial charge is 0.481 e. The molecule has 0 radical (unpaired) electrons. The molecule has 5 atom stereocenters. The molecule has 3 aromatic carbocycles. The van der Waals surface area contributed by atoms with E-state index in [0.29, 0.717) is 44.7 Å². The van der Waals surface area contributed by atoms with Gasteiger partial charge in [-0.2, -0.15) is 0 Å². The molecule has 0 bridgehead atoms. The summed E-state index contributed by atoms with van der Waals surface area (Å²) in [6.45, 7) is 1.08. The summed E-state index contributed by atoms with van der Waals surface area (Å²) in [5, 5.41) is 53.9. The number of carboxylic acid groups (broad SMARTS) is 1. The number of oxime groups is 1. The van der Waals surface area contributed by atoms with E-state index in [4.69, 9.17) is 25.7 Å². The number of nitrogens with two attached hydrogens (primary N) is 1. The molecule has 0 aliphatic carbocycles. The summed E-state index contributed by atoms with van der Waals surface area (Å²) < 4.78 is 6.72. The molecule has 1 saturated heterocycles. The number of aliphatic hydroxyl groups is 1. The van der Waals surface area contributed by atoms with E-state index in [-0.39, 0.29) is 101 Å². The number of hydrogen-bond donors (Lipinski definition) is 12. The number of para-hydroxylation sites is 1. The maximum Gasteiger partial charge on any atom is 0.343 e. The molecule has 7 amide bonds. The van der Waals surface area contributed by atoms with Crippen molar-refractivity contribution in [3.05, 3.63) is 134 Å². The number of cyclic esters (lactones) is 1. The van der Waals surface area contributed by atoms with Gasteiger partial charge in [-0.3, -0.25) is 48.6 Å². The highest BCUT2D eigenvalue weighted by atomic mass is 16.6. The van der Waals surface area contributed by atoms with Gasteiger partial charge in [0.05, 0.1) is 54.7 Å². The van der Waals surface area contributed by atoms with Crippen LogP contribution in [-0.2, 0) is 90.9 Å². The SMILES string of the molecule is CC[C@@]1(O)C(=O)OCc2c1cc1n(c2=O)Cc2c-1nc1ccccc1c2C=NOCCNC(=O)CCC(=O)NCc1ccc(CC2NC(=O)C(CCCNC(=N)N)NC(=O)CNC(=O)C(CC(=O)O)NC(=O)C(Cc3ccccc3)NC2=O)cc1. The van der Waals surface area contributed by atoms with Crippen LogP contribution in [-0.4, -0.2) is 136 Å². The predicted octanol–water partition coefficient (Wildman–Crippen LogP) is -0.765. The Balaban J connectivity index is 0.855. The van der Waals surface area contributed by atoms with Crippen molar-refractivity contribution in [3.8, 4) is 11.4 Å². The lowest BCUT2D eigenvalue weighted by molar-refractivity contribution is -0.172. The Morgan fingerprint density at radius 3 is 2.12 bits per heavy atom. The molecule has 8 rings (SSSR count). The van der Waals surface area contributed by atoms with Crippen molar-refractivity contribution in [2.45, 2.75) is 108 Å². The minimum Gasteiger partial charge on any atom is -0.481 e. The lowest BCUT2D eigenvalue weighted by Crippen LogP contribution is -2.58. The fourth-order valence-corrected chi connectivity index (χ4v) is 10.0. The molecule has 2 aromatic heterocycles. The van der Waals surface area contributed by atoms with Crippen LogP contribution in [0.5, 0.6) is 0 Å². The van der Waals surface area contributed by atoms with Crippen LogP contribution in [0.3, 0.4) is 0 Å². The van der Waals surface area contributed by atoms with E-state index in [2.05, 4.69) is 47.7 Å². The van der Waals surface area contributed by atoms with Crippen LogP contribution in [0.2, 0.25) is 0 Å². The molecule has 1 fully saturated rings. The summed E-state index contributed by atoms with van der Waals surface area (Å²) in [5.41, 5.74) is 8.06. The first kappa shape index (κ1) is 61.0. The fraction of sp³-hybridized carbons (Fsp3) is 0.362. The molecule has 27 nitrogen and oxygen atoms in total. The van der Waals surface area contributed by atoms with Gasteiger partial charge >= 0.3 is 11.9 Å². The summed E-state index contributed by atoms with van der Waals surface area (Å²) in [6, 6.07) is 18.6. The Morgan fingerprint density at radius 2 is 1.44 bits per heavy atom. The molecular weight excluding hydrogens is 1100 g/mol. The molecule has 5 heterocycles. The second kappa shape index (κ2) is 27.8. The third-order valence-electron chi connectivity index (χ3n) is 14.6. The number of fused-ring (bicyclic) bond motifs is 5. The van der Waals surface area contributed by atoms with Gasteiger partial charge < -0.3 is 72.6 Å². The van der Waals surface area contributed by atoms with E-state index in [9.17, 15) is 58.2 Å². The summed E-state index contributed by atoms with van der Waals surface area (Å²) in [6.07, 6.45) is 0.362. The Kier molecular flexibility index (Phi) is 20.0. The number of carbonyl (C=O) groups is 9. The van der Waals surface area contributed by atoms with Gasteiger partial charge in [0.25, 0.3) is 5.56 Å². The maximum atomic E-state index is 14.3. The Hall–Kier alpha value is -10.1. The number of amides is 7. The first-order valence-corrected chi connectivity index (χ1v) is 27.5. The highest BCUT2D eigenvalue weighted by Gasteiger charge is 2.46. The minimum absolute atomic E-state index is 0.00362. The first-order valence-electron chi connectivity index (χ1n) is 27.5. The average molecular weight is 1170 g/mol. The van der Waals surface area contributed by atoms with Crippen LogP contribution >= 0.6 is 0 Å². The molecule has 0 saturated carbocycles. The van der Waals surface area contributed by atoms with Crippen LogP contribution in [0.15, 0.2) is 94.9 Å². The van der Waals surface area contributed by atoms with Crippen molar-refractivity contribution in [1.29, 1.82) is 5.41 Å². The zero-order valence-electron chi connectivity index (χ0n) is 46.3. The van der Waals surface area contributed by atoms with Crippen molar-refractivity contribution >= 4 is 76.4 Å². The van der Waals surface area contributed by atoms with Gasteiger partial charge in [0.15, 0.2) is 11.6 Å². The number of carbonyl (C=O) groups excluding carboxylic acids is 8. The van der Waals surface area contributed by atoms with Crippen molar-refractivity contribution < 1.29 is 62.9 Å². The number of guanidine groups is 1. The van der Waals surface area contributed by atoms with Gasteiger partial charge in [0.2, 0.25) is 41.4 Å². The molecule has 3 aliphatic rings. The van der Waals surface area contributed by atoms with Crippen molar-refractivity contribution in [2.24, 2.45) is 10.9 Å². The number of aliphatic carboxylic acids is 1. The highest BCUT2D eigenvalue weighted by Crippen LogP contribution is 2.40. The summed E-state index contributed by atoms with van der Waals surface area (Å²) in [4.78, 5) is 143. The Labute approximate surface area is 485 Å².